The van der Waals surface area contributed by atoms with Gasteiger partial charge in [0.15, 0.2) is 6.10 Å². The Kier molecular flexibility index (Phi) is 39.8. The molecular formula is C48H92O6. The fourth-order valence-corrected chi connectivity index (χ4v) is 7.07. The molecule has 54 heavy (non-hydrogen) atoms. The topological polar surface area (TPSA) is 78.9 Å². The second-order valence-corrected chi connectivity index (χ2v) is 17.1. The summed E-state index contributed by atoms with van der Waals surface area (Å²) in [5.41, 5.74) is 0. The highest BCUT2D eigenvalue weighted by Crippen LogP contribution is 2.17. The van der Waals surface area contributed by atoms with E-state index in [0.29, 0.717) is 19.3 Å². The monoisotopic (exact) mass is 765 g/mol. The van der Waals surface area contributed by atoms with E-state index in [9.17, 15) is 14.4 Å². The van der Waals surface area contributed by atoms with Crippen LogP contribution in [-0.2, 0) is 28.6 Å². The lowest BCUT2D eigenvalue weighted by atomic mass is 9.99. The van der Waals surface area contributed by atoms with Crippen LogP contribution in [0.1, 0.15) is 259 Å². The number of carbonyl (C=O) groups is 3. The molecule has 0 aliphatic heterocycles. The van der Waals surface area contributed by atoms with Gasteiger partial charge in [-0.05, 0) is 31.1 Å². The molecular weight excluding hydrogens is 673 g/mol. The van der Waals surface area contributed by atoms with Crippen molar-refractivity contribution in [2.24, 2.45) is 11.8 Å². The van der Waals surface area contributed by atoms with Gasteiger partial charge in [-0.2, -0.15) is 0 Å². The number of carbonyl (C=O) groups excluding carboxylic acids is 3. The SMILES string of the molecule is CCCCCCCCCC(=O)O[C@@H](COC(=O)CCCCCCCCCCCCCCC(C)C)COC(=O)CCCCCCCCCCCCC(C)CC. The van der Waals surface area contributed by atoms with Crippen molar-refractivity contribution in [1.82, 2.24) is 0 Å². The Hall–Kier alpha value is -1.59. The Morgan fingerprint density at radius 2 is 0.704 bits per heavy atom. The van der Waals surface area contributed by atoms with Gasteiger partial charge < -0.3 is 14.2 Å². The van der Waals surface area contributed by atoms with Crippen LogP contribution in [0.4, 0.5) is 0 Å². The van der Waals surface area contributed by atoms with Crippen molar-refractivity contribution in [2.75, 3.05) is 13.2 Å². The van der Waals surface area contributed by atoms with Crippen LogP contribution in [0.5, 0.6) is 0 Å². The Morgan fingerprint density at radius 1 is 0.389 bits per heavy atom. The summed E-state index contributed by atoms with van der Waals surface area (Å²) in [7, 11) is 0. The molecule has 0 aromatic heterocycles. The Balaban J connectivity index is 4.22. The Bertz CT molecular complexity index is 826. The molecule has 320 valence electrons. The zero-order valence-corrected chi connectivity index (χ0v) is 36.8. The number of rotatable bonds is 42. The summed E-state index contributed by atoms with van der Waals surface area (Å²) in [5.74, 6) is 0.843. The maximum Gasteiger partial charge on any atom is 0.306 e. The van der Waals surface area contributed by atoms with Crippen LogP contribution in [0.15, 0.2) is 0 Å². The van der Waals surface area contributed by atoms with E-state index in [1.807, 2.05) is 0 Å². The van der Waals surface area contributed by atoms with Gasteiger partial charge in [0.2, 0.25) is 0 Å². The van der Waals surface area contributed by atoms with E-state index in [2.05, 4.69) is 34.6 Å². The molecule has 0 heterocycles. The molecule has 0 saturated carbocycles. The zero-order chi connectivity index (χ0) is 39.7. The fourth-order valence-electron chi connectivity index (χ4n) is 7.07. The fraction of sp³-hybridized carbons (Fsp3) is 0.938. The lowest BCUT2D eigenvalue weighted by molar-refractivity contribution is -0.167. The Morgan fingerprint density at radius 3 is 1.06 bits per heavy atom. The molecule has 1 unspecified atom stereocenters. The lowest BCUT2D eigenvalue weighted by Gasteiger charge is -2.18. The van der Waals surface area contributed by atoms with Gasteiger partial charge in [-0.25, -0.2) is 0 Å². The van der Waals surface area contributed by atoms with Gasteiger partial charge in [-0.3, -0.25) is 14.4 Å². The second-order valence-electron chi connectivity index (χ2n) is 17.1. The van der Waals surface area contributed by atoms with Crippen LogP contribution in [0.25, 0.3) is 0 Å². The maximum atomic E-state index is 12.6. The van der Waals surface area contributed by atoms with Gasteiger partial charge in [0.1, 0.15) is 13.2 Å². The first-order valence-electron chi connectivity index (χ1n) is 23.8. The van der Waals surface area contributed by atoms with E-state index < -0.39 is 6.10 Å². The minimum absolute atomic E-state index is 0.0650. The number of unbranched alkanes of at least 4 members (excludes halogenated alkanes) is 26. The zero-order valence-electron chi connectivity index (χ0n) is 36.8. The number of hydrogen-bond donors (Lipinski definition) is 0. The minimum atomic E-state index is -0.759. The molecule has 0 amide bonds. The summed E-state index contributed by atoms with van der Waals surface area (Å²) in [6.07, 6.45) is 39.5. The van der Waals surface area contributed by atoms with E-state index in [0.717, 1.165) is 69.6 Å². The summed E-state index contributed by atoms with van der Waals surface area (Å²) in [6, 6.07) is 0. The quantitative estimate of drug-likeness (QED) is 0.0350. The van der Waals surface area contributed by atoms with Gasteiger partial charge in [0.25, 0.3) is 0 Å². The Labute approximate surface area is 336 Å². The summed E-state index contributed by atoms with van der Waals surface area (Å²) >= 11 is 0. The third-order valence-electron chi connectivity index (χ3n) is 11.1. The minimum Gasteiger partial charge on any atom is -0.462 e. The second kappa shape index (κ2) is 41.1. The van der Waals surface area contributed by atoms with Crippen molar-refractivity contribution in [1.29, 1.82) is 0 Å². The molecule has 0 aliphatic rings. The van der Waals surface area contributed by atoms with Crippen molar-refractivity contribution in [2.45, 2.75) is 265 Å². The average Bonchev–Trinajstić information content (AvgIpc) is 3.15. The molecule has 0 fully saturated rings. The number of hydrogen-bond acceptors (Lipinski definition) is 6. The molecule has 2 atom stereocenters. The van der Waals surface area contributed by atoms with E-state index in [1.54, 1.807) is 0 Å². The van der Waals surface area contributed by atoms with Crippen LogP contribution in [0, 0.1) is 11.8 Å². The van der Waals surface area contributed by atoms with Crippen molar-refractivity contribution in [3.05, 3.63) is 0 Å². The van der Waals surface area contributed by atoms with Crippen molar-refractivity contribution >= 4 is 17.9 Å². The van der Waals surface area contributed by atoms with Gasteiger partial charge in [0, 0.05) is 19.3 Å². The molecule has 0 aliphatic carbocycles. The first-order chi connectivity index (χ1) is 26.3. The molecule has 0 rings (SSSR count). The summed E-state index contributed by atoms with van der Waals surface area (Å²) in [6.45, 7) is 11.3. The molecule has 0 spiro atoms. The predicted octanol–water partition coefficient (Wildman–Crippen LogP) is 15.0. The first-order valence-corrected chi connectivity index (χ1v) is 23.8. The predicted molar refractivity (Wildman–Crippen MR) is 229 cm³/mol. The average molecular weight is 765 g/mol. The summed E-state index contributed by atoms with van der Waals surface area (Å²) < 4.78 is 16.7. The van der Waals surface area contributed by atoms with E-state index in [4.69, 9.17) is 14.2 Å². The highest BCUT2D eigenvalue weighted by atomic mass is 16.6. The van der Waals surface area contributed by atoms with Crippen LogP contribution >= 0.6 is 0 Å². The molecule has 0 bridgehead atoms. The van der Waals surface area contributed by atoms with Gasteiger partial charge in [-0.1, -0.05) is 221 Å². The van der Waals surface area contributed by atoms with Crippen LogP contribution in [0.2, 0.25) is 0 Å². The molecule has 0 aromatic carbocycles. The van der Waals surface area contributed by atoms with Gasteiger partial charge >= 0.3 is 17.9 Å². The van der Waals surface area contributed by atoms with Gasteiger partial charge in [0.05, 0.1) is 0 Å². The smallest absolute Gasteiger partial charge is 0.306 e. The normalized spacial score (nSPS) is 12.6. The number of ether oxygens (including phenoxy) is 3. The van der Waals surface area contributed by atoms with Crippen molar-refractivity contribution in [3.63, 3.8) is 0 Å². The molecule has 0 aromatic rings. The summed E-state index contributed by atoms with van der Waals surface area (Å²) in [5, 5.41) is 0. The number of esters is 3. The molecule has 0 radical (unpaired) electrons. The molecule has 0 N–H and O–H groups in total. The third-order valence-corrected chi connectivity index (χ3v) is 11.1. The molecule has 6 heteroatoms. The van der Waals surface area contributed by atoms with E-state index in [-0.39, 0.29) is 31.1 Å². The third kappa shape index (κ3) is 40.1. The van der Waals surface area contributed by atoms with Gasteiger partial charge in [-0.15, -0.1) is 0 Å². The lowest BCUT2D eigenvalue weighted by Crippen LogP contribution is -2.30. The molecule has 6 nitrogen and oxygen atoms in total. The highest BCUT2D eigenvalue weighted by molar-refractivity contribution is 5.71. The van der Waals surface area contributed by atoms with Crippen LogP contribution < -0.4 is 0 Å². The first kappa shape index (κ1) is 52.4. The van der Waals surface area contributed by atoms with E-state index in [1.165, 1.54) is 148 Å². The molecule has 0 saturated heterocycles. The summed E-state index contributed by atoms with van der Waals surface area (Å²) in [4.78, 5) is 37.6. The van der Waals surface area contributed by atoms with E-state index >= 15 is 0 Å². The van der Waals surface area contributed by atoms with Crippen LogP contribution in [0.3, 0.4) is 0 Å². The van der Waals surface area contributed by atoms with Crippen molar-refractivity contribution in [3.8, 4) is 0 Å². The van der Waals surface area contributed by atoms with Crippen molar-refractivity contribution < 1.29 is 28.6 Å². The standard InChI is InChI=1S/C48H92O6/c1-6-8-9-10-21-30-35-40-48(51)54-45(42-53-47(50)39-34-29-25-20-16-15-18-23-27-32-37-44(5)7-2)41-52-46(49)38-33-28-24-19-14-12-11-13-17-22-26-31-36-43(3)4/h43-45H,6-42H2,1-5H3/t44?,45-/m0/s1. The largest absolute Gasteiger partial charge is 0.462 e. The maximum absolute atomic E-state index is 12.6. The highest BCUT2D eigenvalue weighted by Gasteiger charge is 2.19. The van der Waals surface area contributed by atoms with Crippen LogP contribution in [-0.4, -0.2) is 37.2 Å².